The normalized spacial score (nSPS) is 12.4. The van der Waals surface area contributed by atoms with Gasteiger partial charge >= 0.3 is 0 Å². The predicted octanol–water partition coefficient (Wildman–Crippen LogP) is 6.76. The monoisotopic (exact) mass is 431 g/mol. The van der Waals surface area contributed by atoms with Crippen LogP contribution in [0, 0.1) is 35.5 Å². The zero-order valence-corrected chi connectivity index (χ0v) is 20.5. The lowest BCUT2D eigenvalue weighted by molar-refractivity contribution is -0.124. The highest BCUT2D eigenvalue weighted by molar-refractivity contribution is 5.76. The third-order valence-corrected chi connectivity index (χ3v) is 6.04. The Hall–Kier alpha value is -1.45. The Kier molecular flexibility index (Phi) is 22.1. The molecule has 0 aromatic heterocycles. The summed E-state index contributed by atoms with van der Waals surface area (Å²) in [7, 11) is 0. The van der Waals surface area contributed by atoms with Gasteiger partial charge in [0.25, 0.3) is 0 Å². The van der Waals surface area contributed by atoms with Gasteiger partial charge in [0.1, 0.15) is 0 Å². The predicted molar refractivity (Wildman–Crippen MR) is 133 cm³/mol. The summed E-state index contributed by atoms with van der Waals surface area (Å²) in [6, 6.07) is 0. The number of nitrogens with two attached hydrogens (primary N) is 1. The van der Waals surface area contributed by atoms with E-state index in [4.69, 9.17) is 5.73 Å². The Bertz CT molecular complexity index is 535. The molecule has 0 aliphatic rings. The molecule has 0 bridgehead atoms. The van der Waals surface area contributed by atoms with Crippen molar-refractivity contribution in [2.24, 2.45) is 17.6 Å². The minimum atomic E-state index is -0.258. The van der Waals surface area contributed by atoms with Crippen LogP contribution in [0.1, 0.15) is 129 Å². The van der Waals surface area contributed by atoms with Gasteiger partial charge in [-0.1, -0.05) is 103 Å². The summed E-state index contributed by atoms with van der Waals surface area (Å²) in [6.07, 6.45) is 20.8. The molecule has 0 rings (SSSR count). The summed E-state index contributed by atoms with van der Waals surface area (Å²) in [5, 5.41) is 9.50. The Balaban J connectivity index is 3.63. The fraction of sp³-hybridized carbons (Fsp3) is 0.821. The molecule has 0 fully saturated rings. The maximum atomic E-state index is 11.7. The molecule has 0 radical (unpaired) electrons. The molecule has 31 heavy (non-hydrogen) atoms. The fourth-order valence-electron chi connectivity index (χ4n) is 4.07. The second-order valence-corrected chi connectivity index (χ2v) is 8.88. The van der Waals surface area contributed by atoms with Gasteiger partial charge in [-0.15, -0.1) is 0 Å². The molecule has 178 valence electrons. The maximum Gasteiger partial charge on any atom is 0.220 e. The first kappa shape index (κ1) is 29.5. The lowest BCUT2D eigenvalue weighted by Crippen LogP contribution is -2.32. The number of rotatable bonds is 20. The fourth-order valence-corrected chi connectivity index (χ4v) is 4.07. The number of aliphatic hydroxyl groups is 1. The highest BCUT2D eigenvalue weighted by Crippen LogP contribution is 2.23. The smallest absolute Gasteiger partial charge is 0.220 e. The highest BCUT2D eigenvalue weighted by atomic mass is 16.3. The first-order valence-electron chi connectivity index (χ1n) is 13.0. The number of amides is 1. The van der Waals surface area contributed by atoms with Crippen molar-refractivity contribution in [3.8, 4) is 23.7 Å². The highest BCUT2D eigenvalue weighted by Gasteiger charge is 2.24. The van der Waals surface area contributed by atoms with Crippen LogP contribution in [-0.2, 0) is 4.79 Å². The lowest BCUT2D eigenvalue weighted by atomic mass is 9.84. The topological polar surface area (TPSA) is 63.3 Å². The molecule has 3 nitrogen and oxygen atoms in total. The van der Waals surface area contributed by atoms with Crippen molar-refractivity contribution in [3.63, 3.8) is 0 Å². The van der Waals surface area contributed by atoms with E-state index in [1.807, 2.05) is 0 Å². The summed E-state index contributed by atoms with van der Waals surface area (Å²) < 4.78 is 0. The number of primary amides is 1. The first-order chi connectivity index (χ1) is 15.2. The van der Waals surface area contributed by atoms with Gasteiger partial charge in [0.05, 0.1) is 0 Å². The number of aliphatic hydroxyl groups excluding tert-OH is 1. The van der Waals surface area contributed by atoms with Crippen molar-refractivity contribution in [3.05, 3.63) is 0 Å². The van der Waals surface area contributed by atoms with Crippen LogP contribution in [0.25, 0.3) is 0 Å². The van der Waals surface area contributed by atoms with Gasteiger partial charge in [0.2, 0.25) is 5.91 Å². The number of unbranched alkanes of at least 4 members (excludes halogenated alkanes) is 13. The summed E-state index contributed by atoms with van der Waals surface area (Å²) in [4.78, 5) is 11.7. The second kappa shape index (κ2) is 23.2. The van der Waals surface area contributed by atoms with E-state index in [-0.39, 0.29) is 24.3 Å². The molecule has 1 amide bonds. The zero-order valence-electron chi connectivity index (χ0n) is 20.5. The van der Waals surface area contributed by atoms with E-state index in [0.29, 0.717) is 0 Å². The van der Waals surface area contributed by atoms with E-state index >= 15 is 0 Å². The lowest BCUT2D eigenvalue weighted by Gasteiger charge is -2.22. The molecule has 0 saturated carbocycles. The first-order valence-corrected chi connectivity index (χ1v) is 13.0. The standard InChI is InChI=1S/C28H49NO2/c1-3-5-6-7-8-9-10-11-12-13-14-15-16-17-18-19-20-21-22-24-27(28(29)31)26(25-30)23-4-2/h26-27,30H,3-12,17-25H2,1-2H3,(H2,29,31). The molecule has 2 unspecified atom stereocenters. The maximum absolute atomic E-state index is 11.7. The Morgan fingerprint density at radius 1 is 0.710 bits per heavy atom. The van der Waals surface area contributed by atoms with Crippen molar-refractivity contribution in [1.29, 1.82) is 0 Å². The largest absolute Gasteiger partial charge is 0.396 e. The number of hydrogen-bond donors (Lipinski definition) is 2. The van der Waals surface area contributed by atoms with Crippen molar-refractivity contribution >= 4 is 5.91 Å². The van der Waals surface area contributed by atoms with E-state index in [0.717, 1.165) is 57.8 Å². The van der Waals surface area contributed by atoms with Crippen molar-refractivity contribution in [2.75, 3.05) is 6.61 Å². The van der Waals surface area contributed by atoms with Gasteiger partial charge in [-0.25, -0.2) is 0 Å². The molecule has 2 atom stereocenters. The van der Waals surface area contributed by atoms with Gasteiger partial charge in [-0.3, -0.25) is 4.79 Å². The summed E-state index contributed by atoms with van der Waals surface area (Å²) in [5.74, 6) is 11.9. The molecule has 0 aliphatic carbocycles. The van der Waals surface area contributed by atoms with Gasteiger partial charge in [-0.05, 0) is 43.4 Å². The van der Waals surface area contributed by atoms with Crippen LogP contribution in [-0.4, -0.2) is 17.6 Å². The van der Waals surface area contributed by atoms with Crippen molar-refractivity contribution < 1.29 is 9.90 Å². The Morgan fingerprint density at radius 2 is 1.19 bits per heavy atom. The third-order valence-electron chi connectivity index (χ3n) is 6.04. The molecular weight excluding hydrogens is 382 g/mol. The molecule has 3 N–H and O–H groups in total. The van der Waals surface area contributed by atoms with Crippen molar-refractivity contribution in [2.45, 2.75) is 129 Å². The van der Waals surface area contributed by atoms with Crippen LogP contribution in [0.15, 0.2) is 0 Å². The van der Waals surface area contributed by atoms with Gasteiger partial charge in [0, 0.05) is 25.4 Å². The van der Waals surface area contributed by atoms with Gasteiger partial charge in [-0.2, -0.15) is 0 Å². The number of carbonyl (C=O) groups excluding carboxylic acids is 1. The van der Waals surface area contributed by atoms with Crippen LogP contribution in [0.2, 0.25) is 0 Å². The summed E-state index contributed by atoms with van der Waals surface area (Å²) >= 11 is 0. The van der Waals surface area contributed by atoms with Crippen LogP contribution < -0.4 is 5.73 Å². The van der Waals surface area contributed by atoms with Gasteiger partial charge < -0.3 is 10.8 Å². The Labute approximate surface area is 193 Å². The van der Waals surface area contributed by atoms with Crippen molar-refractivity contribution in [1.82, 2.24) is 0 Å². The molecule has 0 spiro atoms. The molecule has 0 heterocycles. The SMILES string of the molecule is CCCCCCCCCCC#CC#CCCCCCCCC(C(N)=O)C(CO)CCC. The van der Waals surface area contributed by atoms with Crippen LogP contribution in [0.3, 0.4) is 0 Å². The third kappa shape index (κ3) is 19.0. The molecule has 0 aliphatic heterocycles. The zero-order chi connectivity index (χ0) is 23.0. The summed E-state index contributed by atoms with van der Waals surface area (Å²) in [5.41, 5.74) is 5.55. The number of carbonyl (C=O) groups is 1. The van der Waals surface area contributed by atoms with E-state index < -0.39 is 0 Å². The van der Waals surface area contributed by atoms with Gasteiger partial charge in [0.15, 0.2) is 0 Å². The van der Waals surface area contributed by atoms with Crippen LogP contribution in [0.4, 0.5) is 0 Å². The quantitative estimate of drug-likeness (QED) is 0.165. The molecule has 0 aromatic carbocycles. The minimum Gasteiger partial charge on any atom is -0.396 e. The number of hydrogen-bond acceptors (Lipinski definition) is 2. The molecule has 0 saturated heterocycles. The van der Waals surface area contributed by atoms with E-state index in [9.17, 15) is 9.90 Å². The minimum absolute atomic E-state index is 0.0226. The van der Waals surface area contributed by atoms with E-state index in [1.165, 1.54) is 57.8 Å². The van der Waals surface area contributed by atoms with Crippen LogP contribution >= 0.6 is 0 Å². The van der Waals surface area contributed by atoms with E-state index in [2.05, 4.69) is 37.5 Å². The van der Waals surface area contributed by atoms with E-state index in [1.54, 1.807) is 0 Å². The molecule has 0 aromatic rings. The average molecular weight is 432 g/mol. The average Bonchev–Trinajstić information content (AvgIpc) is 2.76. The molecule has 3 heteroatoms. The second-order valence-electron chi connectivity index (χ2n) is 8.88. The molecular formula is C28H49NO2. The van der Waals surface area contributed by atoms with Crippen LogP contribution in [0.5, 0.6) is 0 Å². The summed E-state index contributed by atoms with van der Waals surface area (Å²) in [6.45, 7) is 4.39. The Morgan fingerprint density at radius 3 is 1.65 bits per heavy atom.